The summed E-state index contributed by atoms with van der Waals surface area (Å²) in [5, 5.41) is 0. The first-order chi connectivity index (χ1) is 15.0. The van der Waals surface area contributed by atoms with Crippen LogP contribution in [-0.2, 0) is 19.1 Å². The Bertz CT molecular complexity index is 791. The molecule has 3 fully saturated rings. The summed E-state index contributed by atoms with van der Waals surface area (Å²) in [7, 11) is 0. The van der Waals surface area contributed by atoms with Crippen molar-refractivity contribution in [2.45, 2.75) is 84.7 Å². The van der Waals surface area contributed by atoms with Gasteiger partial charge in [-0.2, -0.15) is 0 Å². The van der Waals surface area contributed by atoms with E-state index in [9.17, 15) is 9.59 Å². The Balaban J connectivity index is 1.42. The standard InChI is InChI=1S/C27H38O4/c1-4-6-7-18(3)30-17-26(29)31-25-13-12-24-23-10-8-19-16-20(28)9-11-21(19)22(23)14-15-27(24,25)5-2/h4,6-7,16,21-25H,5,8-15,17H2,1-3H3/b6-4-,18-7+. The Morgan fingerprint density at radius 1 is 1.16 bits per heavy atom. The van der Waals surface area contributed by atoms with E-state index >= 15 is 0 Å². The summed E-state index contributed by atoms with van der Waals surface area (Å²) >= 11 is 0. The molecule has 4 heteroatoms. The number of esters is 1. The molecule has 0 heterocycles. The van der Waals surface area contributed by atoms with Crippen LogP contribution in [0.1, 0.15) is 78.6 Å². The second-order valence-corrected chi connectivity index (χ2v) is 10.1. The number of hydrogen-bond donors (Lipinski definition) is 0. The van der Waals surface area contributed by atoms with Crippen molar-refractivity contribution >= 4 is 11.8 Å². The van der Waals surface area contributed by atoms with E-state index in [1.54, 1.807) is 0 Å². The van der Waals surface area contributed by atoms with Crippen molar-refractivity contribution in [2.24, 2.45) is 29.1 Å². The van der Waals surface area contributed by atoms with E-state index in [1.807, 2.05) is 38.2 Å². The largest absolute Gasteiger partial charge is 0.487 e. The molecule has 4 aliphatic carbocycles. The van der Waals surface area contributed by atoms with Crippen LogP contribution in [0.2, 0.25) is 0 Å². The highest BCUT2D eigenvalue weighted by Gasteiger charge is 2.58. The van der Waals surface area contributed by atoms with Gasteiger partial charge >= 0.3 is 5.97 Å². The van der Waals surface area contributed by atoms with Gasteiger partial charge in [-0.15, -0.1) is 0 Å². The molecule has 4 rings (SSSR count). The minimum Gasteiger partial charge on any atom is -0.487 e. The SMILES string of the molecule is C/C=C\C=C(/C)OCC(=O)OC1CCC2C3CCC4=CC(=O)CCC4C3CCC12CC. The van der Waals surface area contributed by atoms with Crippen molar-refractivity contribution < 1.29 is 19.1 Å². The van der Waals surface area contributed by atoms with Crippen molar-refractivity contribution in [3.8, 4) is 0 Å². The Morgan fingerprint density at radius 3 is 2.77 bits per heavy atom. The number of carbonyl (C=O) groups excluding carboxylic acids is 2. The van der Waals surface area contributed by atoms with Gasteiger partial charge in [0.05, 0.1) is 5.76 Å². The molecule has 3 saturated carbocycles. The van der Waals surface area contributed by atoms with Gasteiger partial charge in [-0.05, 0) is 101 Å². The van der Waals surface area contributed by atoms with Crippen molar-refractivity contribution in [1.29, 1.82) is 0 Å². The third kappa shape index (κ3) is 4.27. The number of ether oxygens (including phenoxy) is 2. The minimum atomic E-state index is -0.242. The lowest BCUT2D eigenvalue weighted by Gasteiger charge is -2.54. The lowest BCUT2D eigenvalue weighted by Crippen LogP contribution is -2.49. The predicted octanol–water partition coefficient (Wildman–Crippen LogP) is 5.93. The Kier molecular flexibility index (Phi) is 6.74. The molecular formula is C27H38O4. The molecule has 0 aromatic rings. The first-order valence-corrected chi connectivity index (χ1v) is 12.3. The molecule has 170 valence electrons. The summed E-state index contributed by atoms with van der Waals surface area (Å²) < 4.78 is 11.6. The Morgan fingerprint density at radius 2 is 2.00 bits per heavy atom. The molecule has 4 nitrogen and oxygen atoms in total. The highest BCUT2D eigenvalue weighted by molar-refractivity contribution is 5.91. The van der Waals surface area contributed by atoms with E-state index in [2.05, 4.69) is 6.92 Å². The van der Waals surface area contributed by atoms with Crippen LogP contribution < -0.4 is 0 Å². The topological polar surface area (TPSA) is 52.6 Å². The van der Waals surface area contributed by atoms with Gasteiger partial charge in [0, 0.05) is 11.8 Å². The Hall–Kier alpha value is -1.84. The summed E-state index contributed by atoms with van der Waals surface area (Å²) in [4.78, 5) is 24.5. The van der Waals surface area contributed by atoms with Gasteiger partial charge in [0.15, 0.2) is 12.4 Å². The fraction of sp³-hybridized carbons (Fsp3) is 0.704. The molecule has 0 radical (unpaired) electrons. The quantitative estimate of drug-likeness (QED) is 0.300. The van der Waals surface area contributed by atoms with Crippen LogP contribution in [0.25, 0.3) is 0 Å². The number of allylic oxidation sites excluding steroid dienone is 5. The molecule has 0 bridgehead atoms. The fourth-order valence-corrected chi connectivity index (χ4v) is 7.43. The molecule has 4 aliphatic rings. The van der Waals surface area contributed by atoms with Gasteiger partial charge in [-0.3, -0.25) is 4.79 Å². The van der Waals surface area contributed by atoms with Crippen LogP contribution in [0, 0.1) is 29.1 Å². The third-order valence-electron chi connectivity index (χ3n) is 8.81. The predicted molar refractivity (Wildman–Crippen MR) is 121 cm³/mol. The van der Waals surface area contributed by atoms with Crippen molar-refractivity contribution in [3.63, 3.8) is 0 Å². The first kappa shape index (κ1) is 22.4. The molecule has 0 amide bonds. The molecule has 31 heavy (non-hydrogen) atoms. The summed E-state index contributed by atoms with van der Waals surface area (Å²) in [5.74, 6) is 3.51. The number of rotatable bonds is 6. The molecule has 0 N–H and O–H groups in total. The van der Waals surface area contributed by atoms with E-state index in [1.165, 1.54) is 24.8 Å². The van der Waals surface area contributed by atoms with Crippen LogP contribution in [0.3, 0.4) is 0 Å². The van der Waals surface area contributed by atoms with Gasteiger partial charge in [0.1, 0.15) is 6.10 Å². The highest BCUT2D eigenvalue weighted by atomic mass is 16.6. The molecule has 0 aromatic heterocycles. The van der Waals surface area contributed by atoms with Crippen LogP contribution in [0.5, 0.6) is 0 Å². The summed E-state index contributed by atoms with van der Waals surface area (Å²) in [6.45, 7) is 6.08. The average molecular weight is 427 g/mol. The van der Waals surface area contributed by atoms with Crippen LogP contribution in [0.4, 0.5) is 0 Å². The second-order valence-electron chi connectivity index (χ2n) is 10.1. The summed E-state index contributed by atoms with van der Waals surface area (Å²) in [6, 6.07) is 0. The maximum atomic E-state index is 12.6. The van der Waals surface area contributed by atoms with Crippen LogP contribution in [-0.4, -0.2) is 24.5 Å². The van der Waals surface area contributed by atoms with E-state index < -0.39 is 0 Å². The van der Waals surface area contributed by atoms with Crippen LogP contribution >= 0.6 is 0 Å². The summed E-state index contributed by atoms with van der Waals surface area (Å²) in [5.41, 5.74) is 1.55. The van der Waals surface area contributed by atoms with Crippen molar-refractivity contribution in [2.75, 3.05) is 6.61 Å². The zero-order chi connectivity index (χ0) is 22.0. The van der Waals surface area contributed by atoms with E-state index in [0.717, 1.165) is 56.1 Å². The zero-order valence-electron chi connectivity index (χ0n) is 19.4. The maximum absolute atomic E-state index is 12.6. The van der Waals surface area contributed by atoms with E-state index in [0.29, 0.717) is 17.6 Å². The smallest absolute Gasteiger partial charge is 0.344 e. The number of hydrogen-bond acceptors (Lipinski definition) is 4. The van der Waals surface area contributed by atoms with Gasteiger partial charge in [0.2, 0.25) is 0 Å². The molecule has 0 aliphatic heterocycles. The fourth-order valence-electron chi connectivity index (χ4n) is 7.43. The van der Waals surface area contributed by atoms with Crippen LogP contribution in [0.15, 0.2) is 35.6 Å². The van der Waals surface area contributed by atoms with Crippen molar-refractivity contribution in [1.82, 2.24) is 0 Å². The number of fused-ring (bicyclic) bond motifs is 5. The van der Waals surface area contributed by atoms with Gasteiger partial charge in [-0.25, -0.2) is 4.79 Å². The molecule has 0 aromatic carbocycles. The van der Waals surface area contributed by atoms with Gasteiger partial charge in [-0.1, -0.05) is 24.6 Å². The zero-order valence-corrected chi connectivity index (χ0v) is 19.4. The lowest BCUT2D eigenvalue weighted by molar-refractivity contribution is -0.164. The first-order valence-electron chi connectivity index (χ1n) is 12.3. The van der Waals surface area contributed by atoms with Gasteiger partial charge in [0.25, 0.3) is 0 Å². The molecular weight excluding hydrogens is 388 g/mol. The average Bonchev–Trinajstić information content (AvgIpc) is 3.14. The normalized spacial score (nSPS) is 37.6. The van der Waals surface area contributed by atoms with Crippen molar-refractivity contribution in [3.05, 3.63) is 35.6 Å². The number of carbonyl (C=O) groups is 2. The highest BCUT2D eigenvalue weighted by Crippen LogP contribution is 2.63. The number of ketones is 1. The molecule has 0 saturated heterocycles. The van der Waals surface area contributed by atoms with Gasteiger partial charge < -0.3 is 9.47 Å². The summed E-state index contributed by atoms with van der Waals surface area (Å²) in [6.07, 6.45) is 17.3. The minimum absolute atomic E-state index is 0.0167. The maximum Gasteiger partial charge on any atom is 0.344 e. The monoisotopic (exact) mass is 426 g/mol. The lowest BCUT2D eigenvalue weighted by atomic mass is 9.51. The van der Waals surface area contributed by atoms with E-state index in [4.69, 9.17) is 9.47 Å². The molecule has 0 spiro atoms. The molecule has 6 atom stereocenters. The third-order valence-corrected chi connectivity index (χ3v) is 8.81. The van der Waals surface area contributed by atoms with E-state index in [-0.39, 0.29) is 24.1 Å². The second kappa shape index (κ2) is 9.34. The Labute approximate surface area is 187 Å². The molecule has 6 unspecified atom stereocenters.